The van der Waals surface area contributed by atoms with Crippen LogP contribution in [0, 0.1) is 25.6 Å². The minimum absolute atomic E-state index is 0.0382. The van der Waals surface area contributed by atoms with Gasteiger partial charge in [0.25, 0.3) is 0 Å². The lowest BCUT2D eigenvalue weighted by molar-refractivity contribution is -0.134. The minimum Gasteiger partial charge on any atom is -0.492 e. The van der Waals surface area contributed by atoms with Crippen molar-refractivity contribution in [3.05, 3.63) is 93.8 Å². The number of likely N-dealkylation sites (tertiary alicyclic amines) is 2. The molecule has 3 atom stereocenters. The average molecular weight is 1080 g/mol. The molecule has 4 aliphatic heterocycles. The van der Waals surface area contributed by atoms with Crippen molar-refractivity contribution in [3.8, 4) is 11.5 Å². The first-order valence-electron chi connectivity index (χ1n) is 26.4. The highest BCUT2D eigenvalue weighted by Gasteiger charge is 2.38. The number of H-pyrrole nitrogens is 1. The number of carbonyl (C=O) groups excluding carboxylic acids is 2. The second kappa shape index (κ2) is 22.4. The molecule has 0 unspecified atom stereocenters. The van der Waals surface area contributed by atoms with Gasteiger partial charge in [-0.05, 0) is 116 Å². The Hall–Kier alpha value is -6.20. The Balaban J connectivity index is 0.688. The van der Waals surface area contributed by atoms with E-state index in [0.29, 0.717) is 65.2 Å². The molecule has 0 spiro atoms. The molecule has 4 aliphatic rings. The smallest absolute Gasteiger partial charge is 0.237 e. The molecule has 3 N–H and O–H groups in total. The Morgan fingerprint density at radius 3 is 2.39 bits per heavy atom. The van der Waals surface area contributed by atoms with Crippen molar-refractivity contribution >= 4 is 61.4 Å². The van der Waals surface area contributed by atoms with Crippen molar-refractivity contribution in [3.63, 3.8) is 0 Å². The maximum absolute atomic E-state index is 14.1. The molecule has 76 heavy (non-hydrogen) atoms. The van der Waals surface area contributed by atoms with Crippen LogP contribution >= 0.6 is 11.3 Å². The van der Waals surface area contributed by atoms with Gasteiger partial charge in [0, 0.05) is 98.1 Å². The number of anilines is 3. The number of hydrogen-bond donors (Lipinski definition) is 3. The van der Waals surface area contributed by atoms with Crippen molar-refractivity contribution in [1.82, 2.24) is 55.1 Å². The molecule has 0 radical (unpaired) electrons. The van der Waals surface area contributed by atoms with E-state index in [0.717, 1.165) is 101 Å². The molecule has 10 rings (SSSR count). The van der Waals surface area contributed by atoms with Crippen LogP contribution in [0.2, 0.25) is 0 Å². The van der Waals surface area contributed by atoms with Crippen molar-refractivity contribution in [2.75, 3.05) is 75.7 Å². The molecule has 6 aromatic rings. The predicted molar refractivity (Wildman–Crippen MR) is 289 cm³/mol. The van der Waals surface area contributed by atoms with E-state index in [-0.39, 0.29) is 52.5 Å². The summed E-state index contributed by atoms with van der Waals surface area (Å²) < 4.78 is 53.3. The number of thiazole rings is 1. The summed E-state index contributed by atoms with van der Waals surface area (Å²) >= 11 is 1.40. The number of aryl methyl sites for hydroxylation is 1. The SMILES string of the molecule is Cc1[nH]nc(Nc2ncnc3cc(OCC4CCN(c5ncc(OC6CCN(C[C@H]7CN[C@H](C)CN7CC(=O)N7CCC[C@H]7c7nc(C(=O)c8ccc(F)cc8)cs7)CC6)cn5)CC4)c(S(=O)(=O)C(C)(C)C)cc23)c1C. The molecular weight excluding hydrogens is 1010 g/mol. The molecule has 1 amide bonds. The third-order valence-corrected chi connectivity index (χ3v) is 18.8. The van der Waals surface area contributed by atoms with E-state index < -0.39 is 20.4 Å². The van der Waals surface area contributed by atoms with Crippen LogP contribution in [0.4, 0.5) is 22.0 Å². The number of benzene rings is 2. The summed E-state index contributed by atoms with van der Waals surface area (Å²) in [6.07, 6.45) is 10.0. The molecule has 0 aliphatic carbocycles. The molecule has 4 aromatic heterocycles. The first-order chi connectivity index (χ1) is 36.5. The summed E-state index contributed by atoms with van der Waals surface area (Å²) in [5.41, 5.74) is 3.11. The van der Waals surface area contributed by atoms with E-state index >= 15 is 0 Å². The predicted octanol–water partition coefficient (Wildman–Crippen LogP) is 7.07. The highest BCUT2D eigenvalue weighted by Crippen LogP contribution is 2.39. The number of fused-ring (bicyclic) bond motifs is 1. The number of amides is 1. The second-order valence-electron chi connectivity index (χ2n) is 21.7. The maximum Gasteiger partial charge on any atom is 0.237 e. The number of piperidine rings is 2. The lowest BCUT2D eigenvalue weighted by Gasteiger charge is -2.43. The van der Waals surface area contributed by atoms with Crippen LogP contribution in [-0.2, 0) is 14.6 Å². The van der Waals surface area contributed by atoms with E-state index in [4.69, 9.17) is 19.4 Å². The van der Waals surface area contributed by atoms with Crippen molar-refractivity contribution in [2.24, 2.45) is 5.92 Å². The van der Waals surface area contributed by atoms with Crippen LogP contribution in [-0.4, -0.2) is 158 Å². The van der Waals surface area contributed by atoms with Crippen LogP contribution in [0.1, 0.15) is 105 Å². The zero-order valence-electron chi connectivity index (χ0n) is 44.1. The van der Waals surface area contributed by atoms with Crippen LogP contribution < -0.4 is 25.0 Å². The van der Waals surface area contributed by atoms with Gasteiger partial charge in [-0.15, -0.1) is 11.3 Å². The third kappa shape index (κ3) is 11.7. The van der Waals surface area contributed by atoms with Crippen LogP contribution in [0.15, 0.2) is 65.4 Å². The normalized spacial score (nSPS) is 20.6. The highest BCUT2D eigenvalue weighted by molar-refractivity contribution is 7.92. The standard InChI is InChI=1S/C54H68FN13O6S2/c1-33-27-67(29-48(69)68-17-7-8-45(68)52-61-44(31-75-52)49(70)37-9-11-38(55)12-10-37)39(24-56-33)28-65-18-15-40(16-19-65)74-41-25-57-53(58-26-41)66-20-13-36(14-21-66)30-73-46-23-43-42(22-47(46)76(71,72)54(4,5)6)51(60-32-59-43)62-50-34(2)35(3)63-64-50/h9-12,22-23,25-26,31-33,36,39-40,45,56H,7-8,13-21,24,27-30H2,1-6H3,(H2,59,60,62,63,64)/t33-,39-,45+/m1/s1. The van der Waals surface area contributed by atoms with Crippen LogP contribution in [0.3, 0.4) is 0 Å². The first kappa shape index (κ1) is 53.2. The number of aromatic nitrogens is 7. The Bertz CT molecular complexity index is 3130. The number of sulfone groups is 1. The lowest BCUT2D eigenvalue weighted by atomic mass is 9.98. The molecule has 4 fully saturated rings. The molecule has 22 heteroatoms. The number of nitrogens with one attached hydrogen (secondary N) is 3. The Morgan fingerprint density at radius 2 is 1.68 bits per heavy atom. The number of hydrogen-bond acceptors (Lipinski definition) is 18. The largest absolute Gasteiger partial charge is 0.492 e. The molecular formula is C54H68FN13O6S2. The summed E-state index contributed by atoms with van der Waals surface area (Å²) in [6, 6.07) is 9.07. The van der Waals surface area contributed by atoms with Gasteiger partial charge in [0.15, 0.2) is 21.4 Å². The number of ether oxygens (including phenoxy) is 2. The molecule has 19 nitrogen and oxygen atoms in total. The molecule has 2 aromatic carbocycles. The fourth-order valence-electron chi connectivity index (χ4n) is 10.6. The van der Waals surface area contributed by atoms with Gasteiger partial charge < -0.3 is 34.8 Å². The fourth-order valence-corrected chi connectivity index (χ4v) is 12.8. The van der Waals surface area contributed by atoms with E-state index in [1.165, 1.54) is 41.9 Å². The minimum atomic E-state index is -3.83. The van der Waals surface area contributed by atoms with Crippen molar-refractivity contribution in [1.29, 1.82) is 0 Å². The number of halogens is 1. The van der Waals surface area contributed by atoms with Crippen LogP contribution in [0.25, 0.3) is 10.9 Å². The number of piperazine rings is 1. The zero-order chi connectivity index (χ0) is 53.3. The molecule has 8 heterocycles. The number of rotatable bonds is 16. The van der Waals surface area contributed by atoms with E-state index in [2.05, 4.69) is 57.4 Å². The van der Waals surface area contributed by atoms with Gasteiger partial charge in [0.2, 0.25) is 17.6 Å². The van der Waals surface area contributed by atoms with Gasteiger partial charge in [0.05, 0.1) is 41.9 Å². The quantitative estimate of drug-likeness (QED) is 0.0826. The Labute approximate surface area is 447 Å². The number of aromatic amines is 1. The van der Waals surface area contributed by atoms with Gasteiger partial charge in [-0.1, -0.05) is 0 Å². The van der Waals surface area contributed by atoms with E-state index in [1.807, 2.05) is 18.7 Å². The number of nitrogens with zero attached hydrogens (tertiary/aromatic N) is 10. The number of carbonyl (C=O) groups is 2. The number of ketones is 1. The second-order valence-corrected chi connectivity index (χ2v) is 25.3. The van der Waals surface area contributed by atoms with Crippen molar-refractivity contribution in [2.45, 2.75) is 114 Å². The van der Waals surface area contributed by atoms with E-state index in [9.17, 15) is 22.4 Å². The monoisotopic (exact) mass is 1080 g/mol. The van der Waals surface area contributed by atoms with Gasteiger partial charge >= 0.3 is 0 Å². The Morgan fingerprint density at radius 1 is 0.934 bits per heavy atom. The Kier molecular flexibility index (Phi) is 15.7. The summed E-state index contributed by atoms with van der Waals surface area (Å²) in [7, 11) is -3.83. The zero-order valence-corrected chi connectivity index (χ0v) is 45.7. The molecule has 0 saturated carbocycles. The average Bonchev–Trinajstić information content (AvgIpc) is 4.19. The summed E-state index contributed by atoms with van der Waals surface area (Å²) in [5.74, 6) is 2.23. The summed E-state index contributed by atoms with van der Waals surface area (Å²) in [5, 5.41) is 17.3. The maximum atomic E-state index is 14.1. The molecule has 404 valence electrons. The third-order valence-electron chi connectivity index (χ3n) is 15.4. The van der Waals surface area contributed by atoms with Gasteiger partial charge in [-0.2, -0.15) is 5.10 Å². The van der Waals surface area contributed by atoms with Gasteiger partial charge in [-0.25, -0.2) is 37.7 Å². The summed E-state index contributed by atoms with van der Waals surface area (Å²) in [6.45, 7) is 18.0. The van der Waals surface area contributed by atoms with E-state index in [1.54, 1.807) is 50.7 Å². The van der Waals surface area contributed by atoms with Gasteiger partial charge in [-0.3, -0.25) is 19.6 Å². The molecule has 4 saturated heterocycles. The lowest BCUT2D eigenvalue weighted by Crippen LogP contribution is -2.61. The topological polar surface area (TPSA) is 217 Å². The van der Waals surface area contributed by atoms with Gasteiger partial charge in [0.1, 0.15) is 45.4 Å². The van der Waals surface area contributed by atoms with Crippen LogP contribution in [0.5, 0.6) is 11.5 Å². The van der Waals surface area contributed by atoms with Crippen molar-refractivity contribution < 1.29 is 31.9 Å². The summed E-state index contributed by atoms with van der Waals surface area (Å²) in [4.78, 5) is 59.2. The first-order valence-corrected chi connectivity index (χ1v) is 28.8. The fraction of sp³-hybridized carbons (Fsp3) is 0.519. The highest BCUT2D eigenvalue weighted by atomic mass is 32.2. The molecule has 0 bridgehead atoms.